The van der Waals surface area contributed by atoms with Crippen molar-refractivity contribution in [3.05, 3.63) is 35.7 Å². The first-order valence-electron chi connectivity index (χ1n) is 10.5. The van der Waals surface area contributed by atoms with Crippen molar-refractivity contribution in [2.75, 3.05) is 33.5 Å². The molecule has 3 atom stereocenters. The highest BCUT2D eigenvalue weighted by Gasteiger charge is 2.29. The molecule has 0 amide bonds. The second-order valence-electron chi connectivity index (χ2n) is 7.20. The summed E-state index contributed by atoms with van der Waals surface area (Å²) in [5.74, 6) is 1.31. The van der Waals surface area contributed by atoms with Gasteiger partial charge in [0.15, 0.2) is 0 Å². The Morgan fingerprint density at radius 2 is 2.21 bits per heavy atom. The lowest BCUT2D eigenvalue weighted by Crippen LogP contribution is -2.37. The Morgan fingerprint density at radius 3 is 2.93 bits per heavy atom. The van der Waals surface area contributed by atoms with Gasteiger partial charge in [-0.1, -0.05) is 19.1 Å². The molecule has 1 aliphatic carbocycles. The van der Waals surface area contributed by atoms with Gasteiger partial charge in [-0.3, -0.25) is 4.99 Å². The number of hydrogen-bond acceptors (Lipinski definition) is 6. The number of fused-ring (bicyclic) bond motifs is 2. The third-order valence-electron chi connectivity index (χ3n) is 5.04. The standard InChI is InChI=1S/C22H36N4O3/c1-5-16(3)28-11-12-29-20-10-8-7-9-17-13-18(20)19(14-21(23)25-17)26-22(24-4)15-27-6-2/h7-9,14,16,18,20H,5-6,10-13,15H2,1-4H3,(H2,23,25)(H,24,26)/b8-7-,17-9?. The summed E-state index contributed by atoms with van der Waals surface area (Å²) in [5, 5.41) is 3.42. The number of nitrogens with zero attached hydrogens (tertiary/aromatic N) is 2. The SMILES string of the molecule is CCOCC(=NC)NC1=CC(N)=NC2=C/C=C\CC(OCCOC(C)CC)C1C2. The monoisotopic (exact) mass is 404 g/mol. The topological polar surface area (TPSA) is 90.5 Å². The van der Waals surface area contributed by atoms with Crippen molar-refractivity contribution in [3.8, 4) is 0 Å². The molecule has 1 aliphatic heterocycles. The van der Waals surface area contributed by atoms with Gasteiger partial charge >= 0.3 is 0 Å². The number of amidine groups is 2. The molecule has 0 aromatic heterocycles. The third kappa shape index (κ3) is 7.76. The zero-order valence-corrected chi connectivity index (χ0v) is 18.2. The number of aliphatic imine (C=N–C) groups is 2. The minimum absolute atomic E-state index is 0.0134. The highest BCUT2D eigenvalue weighted by molar-refractivity contribution is 5.94. The lowest BCUT2D eigenvalue weighted by atomic mass is 9.89. The van der Waals surface area contributed by atoms with Crippen LogP contribution in [0.2, 0.25) is 0 Å². The molecule has 3 unspecified atom stereocenters. The molecule has 2 bridgehead atoms. The summed E-state index contributed by atoms with van der Waals surface area (Å²) in [5.41, 5.74) is 8.05. The molecule has 162 valence electrons. The molecule has 7 heteroatoms. The summed E-state index contributed by atoms with van der Waals surface area (Å²) in [6, 6.07) is 0. The van der Waals surface area contributed by atoms with E-state index in [1.807, 2.05) is 25.2 Å². The molecule has 3 N–H and O–H groups in total. The molecule has 0 aromatic rings. The molecule has 0 aromatic carbocycles. The van der Waals surface area contributed by atoms with Gasteiger partial charge in [-0.25, -0.2) is 4.99 Å². The van der Waals surface area contributed by atoms with E-state index in [0.717, 1.165) is 36.5 Å². The Balaban J connectivity index is 2.14. The summed E-state index contributed by atoms with van der Waals surface area (Å²) >= 11 is 0. The van der Waals surface area contributed by atoms with Gasteiger partial charge in [0.2, 0.25) is 0 Å². The maximum Gasteiger partial charge on any atom is 0.126 e. The summed E-state index contributed by atoms with van der Waals surface area (Å²) < 4.78 is 17.6. The van der Waals surface area contributed by atoms with Crippen LogP contribution in [0.5, 0.6) is 0 Å². The number of rotatable bonds is 10. The quantitative estimate of drug-likeness (QED) is 0.332. The minimum atomic E-state index is -0.0134. The molecule has 2 rings (SSSR count). The number of nitrogens with one attached hydrogen (secondary N) is 1. The first-order valence-corrected chi connectivity index (χ1v) is 10.5. The van der Waals surface area contributed by atoms with Crippen LogP contribution >= 0.6 is 0 Å². The van der Waals surface area contributed by atoms with Crippen LogP contribution in [0.1, 0.15) is 40.0 Å². The molecular weight excluding hydrogens is 368 g/mol. The van der Waals surface area contributed by atoms with Gasteiger partial charge in [0.25, 0.3) is 0 Å². The van der Waals surface area contributed by atoms with Crippen LogP contribution in [0.4, 0.5) is 0 Å². The molecule has 0 radical (unpaired) electrons. The maximum absolute atomic E-state index is 6.27. The average molecular weight is 405 g/mol. The van der Waals surface area contributed by atoms with E-state index in [1.165, 1.54) is 0 Å². The molecule has 29 heavy (non-hydrogen) atoms. The van der Waals surface area contributed by atoms with Gasteiger partial charge in [0.1, 0.15) is 18.3 Å². The summed E-state index contributed by atoms with van der Waals surface area (Å²) in [6.45, 7) is 8.35. The lowest BCUT2D eigenvalue weighted by Gasteiger charge is -2.30. The lowest BCUT2D eigenvalue weighted by molar-refractivity contribution is -0.0314. The third-order valence-corrected chi connectivity index (χ3v) is 5.04. The Morgan fingerprint density at radius 1 is 1.38 bits per heavy atom. The molecule has 7 nitrogen and oxygen atoms in total. The minimum Gasteiger partial charge on any atom is -0.384 e. The summed E-state index contributed by atoms with van der Waals surface area (Å²) in [7, 11) is 1.75. The van der Waals surface area contributed by atoms with Crippen molar-refractivity contribution in [2.45, 2.75) is 52.2 Å². The number of allylic oxidation sites excluding steroid dienone is 3. The van der Waals surface area contributed by atoms with Gasteiger partial charge in [0.05, 0.1) is 25.4 Å². The average Bonchev–Trinajstić information content (AvgIpc) is 2.87. The van der Waals surface area contributed by atoms with Crippen molar-refractivity contribution < 1.29 is 14.2 Å². The molecule has 2 aliphatic rings. The zero-order valence-electron chi connectivity index (χ0n) is 18.2. The van der Waals surface area contributed by atoms with Crippen molar-refractivity contribution in [1.29, 1.82) is 0 Å². The molecule has 1 heterocycles. The Kier molecular flexibility index (Phi) is 10.1. The van der Waals surface area contributed by atoms with Crippen LogP contribution in [0.25, 0.3) is 0 Å². The molecule has 0 saturated carbocycles. The van der Waals surface area contributed by atoms with Crippen molar-refractivity contribution in [2.24, 2.45) is 21.6 Å². The van der Waals surface area contributed by atoms with Crippen LogP contribution < -0.4 is 11.1 Å². The van der Waals surface area contributed by atoms with Crippen LogP contribution in [-0.2, 0) is 14.2 Å². The van der Waals surface area contributed by atoms with Crippen molar-refractivity contribution >= 4 is 11.7 Å². The Hall–Kier alpha value is -1.96. The van der Waals surface area contributed by atoms with E-state index in [9.17, 15) is 0 Å². The Labute approximate surface area is 174 Å². The van der Waals surface area contributed by atoms with E-state index in [2.05, 4.69) is 35.2 Å². The highest BCUT2D eigenvalue weighted by Crippen LogP contribution is 2.30. The van der Waals surface area contributed by atoms with E-state index in [-0.39, 0.29) is 18.1 Å². The molecule has 0 saturated heterocycles. The van der Waals surface area contributed by atoms with E-state index in [4.69, 9.17) is 19.9 Å². The van der Waals surface area contributed by atoms with Crippen LogP contribution in [-0.4, -0.2) is 57.4 Å². The van der Waals surface area contributed by atoms with Gasteiger partial charge in [-0.15, -0.1) is 0 Å². The molecule has 0 fully saturated rings. The second-order valence-corrected chi connectivity index (χ2v) is 7.20. The first-order chi connectivity index (χ1) is 14.1. The molecule has 0 spiro atoms. The summed E-state index contributed by atoms with van der Waals surface area (Å²) in [6.07, 6.45) is 10.8. The van der Waals surface area contributed by atoms with Crippen LogP contribution in [0, 0.1) is 5.92 Å². The fourth-order valence-corrected chi connectivity index (χ4v) is 3.24. The molecular formula is C22H36N4O3. The Bertz CT molecular complexity index is 667. The van der Waals surface area contributed by atoms with E-state index in [0.29, 0.717) is 32.3 Å². The van der Waals surface area contributed by atoms with E-state index >= 15 is 0 Å². The van der Waals surface area contributed by atoms with Gasteiger partial charge < -0.3 is 25.3 Å². The highest BCUT2D eigenvalue weighted by atomic mass is 16.5. The van der Waals surface area contributed by atoms with Crippen molar-refractivity contribution in [3.63, 3.8) is 0 Å². The predicted molar refractivity (Wildman–Crippen MR) is 118 cm³/mol. The number of nitrogens with two attached hydrogens (primary N) is 1. The predicted octanol–water partition coefficient (Wildman–Crippen LogP) is 2.95. The smallest absolute Gasteiger partial charge is 0.126 e. The number of ether oxygens (including phenoxy) is 3. The zero-order chi connectivity index (χ0) is 21.1. The fourth-order valence-electron chi connectivity index (χ4n) is 3.24. The van der Waals surface area contributed by atoms with Gasteiger partial charge in [-0.2, -0.15) is 0 Å². The van der Waals surface area contributed by atoms with Crippen molar-refractivity contribution in [1.82, 2.24) is 5.32 Å². The number of hydrogen-bond donors (Lipinski definition) is 2. The largest absolute Gasteiger partial charge is 0.384 e. The van der Waals surface area contributed by atoms with Crippen LogP contribution in [0.3, 0.4) is 0 Å². The van der Waals surface area contributed by atoms with E-state index in [1.54, 1.807) is 7.05 Å². The normalized spacial score (nSPS) is 24.4. The maximum atomic E-state index is 6.27. The van der Waals surface area contributed by atoms with Gasteiger partial charge in [-0.05, 0) is 38.8 Å². The van der Waals surface area contributed by atoms with E-state index < -0.39 is 0 Å². The van der Waals surface area contributed by atoms with Gasteiger partial charge in [0, 0.05) is 37.4 Å². The summed E-state index contributed by atoms with van der Waals surface area (Å²) in [4.78, 5) is 8.87. The second kappa shape index (κ2) is 12.6. The fraction of sp³-hybridized carbons (Fsp3) is 0.636. The van der Waals surface area contributed by atoms with Crippen LogP contribution in [0.15, 0.2) is 45.7 Å². The first kappa shape index (κ1) is 23.3.